The van der Waals surface area contributed by atoms with E-state index in [4.69, 9.17) is 9.47 Å². The number of non-ortho nitro benzene ring substituents is 1. The number of benzene rings is 1. The topological polar surface area (TPSA) is 90.7 Å². The molecule has 0 atom stereocenters. The standard InChI is InChI=1S/C14H20N2O5/c1-4-20-13(21-5-2)9-15-14(17)12-7-6-11(16(18)19)8-10(12)3/h6-8,13H,4-5,9H2,1-3H3,(H,15,17). The molecule has 116 valence electrons. The van der Waals surface area contributed by atoms with E-state index in [1.807, 2.05) is 13.8 Å². The molecule has 0 bridgehead atoms. The lowest BCUT2D eigenvalue weighted by Gasteiger charge is -2.17. The Morgan fingerprint density at radius 2 is 1.95 bits per heavy atom. The molecule has 0 spiro atoms. The van der Waals surface area contributed by atoms with E-state index in [1.165, 1.54) is 18.2 Å². The minimum Gasteiger partial charge on any atom is -0.351 e. The minimum atomic E-state index is -0.498. The first-order chi connectivity index (χ1) is 9.99. The Morgan fingerprint density at radius 3 is 2.43 bits per heavy atom. The molecule has 1 aromatic carbocycles. The van der Waals surface area contributed by atoms with E-state index in [0.717, 1.165) is 0 Å². The summed E-state index contributed by atoms with van der Waals surface area (Å²) < 4.78 is 10.6. The molecule has 0 aromatic heterocycles. The predicted octanol–water partition coefficient (Wildman–Crippen LogP) is 2.03. The van der Waals surface area contributed by atoms with E-state index < -0.39 is 11.2 Å². The van der Waals surface area contributed by atoms with Gasteiger partial charge in [-0.2, -0.15) is 0 Å². The van der Waals surface area contributed by atoms with Gasteiger partial charge in [-0.15, -0.1) is 0 Å². The first-order valence-electron chi connectivity index (χ1n) is 6.76. The predicted molar refractivity (Wildman–Crippen MR) is 77.2 cm³/mol. The number of carbonyl (C=O) groups excluding carboxylic acids is 1. The number of nitrogens with one attached hydrogen (secondary N) is 1. The lowest BCUT2D eigenvalue weighted by Crippen LogP contribution is -2.35. The van der Waals surface area contributed by atoms with Crippen molar-refractivity contribution in [3.8, 4) is 0 Å². The summed E-state index contributed by atoms with van der Waals surface area (Å²) in [5.41, 5.74) is 0.906. The van der Waals surface area contributed by atoms with Crippen LogP contribution in [0.1, 0.15) is 29.8 Å². The molecule has 0 radical (unpaired) electrons. The van der Waals surface area contributed by atoms with Crippen LogP contribution in [0.15, 0.2) is 18.2 Å². The van der Waals surface area contributed by atoms with Gasteiger partial charge in [-0.25, -0.2) is 0 Å². The third kappa shape index (κ3) is 5.13. The first kappa shape index (κ1) is 17.1. The van der Waals surface area contributed by atoms with Gasteiger partial charge in [-0.3, -0.25) is 14.9 Å². The Balaban J connectivity index is 2.69. The first-order valence-corrected chi connectivity index (χ1v) is 6.76. The van der Waals surface area contributed by atoms with Crippen molar-refractivity contribution in [3.63, 3.8) is 0 Å². The van der Waals surface area contributed by atoms with Gasteiger partial charge in [-0.05, 0) is 32.4 Å². The van der Waals surface area contributed by atoms with Crippen molar-refractivity contribution in [1.82, 2.24) is 5.32 Å². The number of carbonyl (C=O) groups is 1. The van der Waals surface area contributed by atoms with Gasteiger partial charge >= 0.3 is 0 Å². The lowest BCUT2D eigenvalue weighted by molar-refractivity contribution is -0.384. The van der Waals surface area contributed by atoms with E-state index >= 15 is 0 Å². The molecule has 0 saturated heterocycles. The zero-order valence-electron chi connectivity index (χ0n) is 12.4. The van der Waals surface area contributed by atoms with Gasteiger partial charge in [0, 0.05) is 30.9 Å². The van der Waals surface area contributed by atoms with Crippen molar-refractivity contribution in [1.29, 1.82) is 0 Å². The molecule has 0 saturated carbocycles. The number of hydrogen-bond donors (Lipinski definition) is 1. The molecule has 1 N–H and O–H groups in total. The molecule has 0 heterocycles. The van der Waals surface area contributed by atoms with Crippen LogP contribution in [-0.4, -0.2) is 36.9 Å². The fourth-order valence-corrected chi connectivity index (χ4v) is 1.83. The zero-order chi connectivity index (χ0) is 15.8. The van der Waals surface area contributed by atoms with Crippen molar-refractivity contribution in [2.24, 2.45) is 0 Å². The number of nitro groups is 1. The molecule has 0 aliphatic rings. The molecule has 21 heavy (non-hydrogen) atoms. The zero-order valence-corrected chi connectivity index (χ0v) is 12.4. The van der Waals surface area contributed by atoms with Crippen LogP contribution in [0.4, 0.5) is 5.69 Å². The molecular weight excluding hydrogens is 276 g/mol. The molecule has 0 fully saturated rings. The molecule has 1 amide bonds. The molecule has 7 heteroatoms. The summed E-state index contributed by atoms with van der Waals surface area (Å²) in [5.74, 6) is -0.313. The van der Waals surface area contributed by atoms with Crippen LogP contribution in [0.2, 0.25) is 0 Å². The number of ether oxygens (including phenoxy) is 2. The van der Waals surface area contributed by atoms with Gasteiger partial charge in [0.2, 0.25) is 0 Å². The summed E-state index contributed by atoms with van der Waals surface area (Å²) in [7, 11) is 0. The number of nitrogens with zero attached hydrogens (tertiary/aromatic N) is 1. The highest BCUT2D eigenvalue weighted by molar-refractivity contribution is 5.95. The van der Waals surface area contributed by atoms with Gasteiger partial charge < -0.3 is 14.8 Å². The second-order valence-electron chi connectivity index (χ2n) is 4.31. The summed E-state index contributed by atoms with van der Waals surface area (Å²) in [6.45, 7) is 6.53. The summed E-state index contributed by atoms with van der Waals surface area (Å²) in [4.78, 5) is 22.2. The number of hydrogen-bond acceptors (Lipinski definition) is 5. The van der Waals surface area contributed by atoms with Gasteiger partial charge in [0.15, 0.2) is 6.29 Å². The summed E-state index contributed by atoms with van der Waals surface area (Å²) >= 11 is 0. The van der Waals surface area contributed by atoms with Crippen molar-refractivity contribution in [2.45, 2.75) is 27.1 Å². The fraction of sp³-hybridized carbons (Fsp3) is 0.500. The molecular formula is C14H20N2O5. The summed E-state index contributed by atoms with van der Waals surface area (Å²) in [6, 6.07) is 4.13. The monoisotopic (exact) mass is 296 g/mol. The second-order valence-corrected chi connectivity index (χ2v) is 4.31. The molecule has 0 aliphatic carbocycles. The Labute approximate surface area is 123 Å². The minimum absolute atomic E-state index is 0.0365. The third-order valence-electron chi connectivity index (χ3n) is 2.80. The lowest BCUT2D eigenvalue weighted by atomic mass is 10.1. The molecule has 1 aromatic rings. The van der Waals surface area contributed by atoms with E-state index in [-0.39, 0.29) is 18.1 Å². The number of nitro benzene ring substituents is 1. The quantitative estimate of drug-likeness (QED) is 0.450. The molecule has 7 nitrogen and oxygen atoms in total. The number of rotatable bonds is 8. The molecule has 0 aliphatic heterocycles. The molecule has 0 unspecified atom stereocenters. The highest BCUT2D eigenvalue weighted by Gasteiger charge is 2.15. The maximum absolute atomic E-state index is 12.1. The van der Waals surface area contributed by atoms with Crippen LogP contribution >= 0.6 is 0 Å². The maximum atomic E-state index is 12.1. The molecule has 1 rings (SSSR count). The van der Waals surface area contributed by atoms with E-state index in [9.17, 15) is 14.9 Å². The van der Waals surface area contributed by atoms with Crippen LogP contribution in [0, 0.1) is 17.0 Å². The van der Waals surface area contributed by atoms with E-state index in [2.05, 4.69) is 5.32 Å². The second kappa shape index (κ2) is 8.33. The summed E-state index contributed by atoms with van der Waals surface area (Å²) in [5, 5.41) is 13.4. The average molecular weight is 296 g/mol. The van der Waals surface area contributed by atoms with E-state index in [0.29, 0.717) is 24.3 Å². The van der Waals surface area contributed by atoms with Crippen LogP contribution < -0.4 is 5.32 Å². The number of aryl methyl sites for hydroxylation is 1. The van der Waals surface area contributed by atoms with Gasteiger partial charge in [0.25, 0.3) is 11.6 Å². The van der Waals surface area contributed by atoms with Crippen LogP contribution in [0.25, 0.3) is 0 Å². The normalized spacial score (nSPS) is 10.7. The average Bonchev–Trinajstić information content (AvgIpc) is 2.44. The van der Waals surface area contributed by atoms with Crippen LogP contribution in [-0.2, 0) is 9.47 Å². The van der Waals surface area contributed by atoms with Crippen molar-refractivity contribution >= 4 is 11.6 Å². The smallest absolute Gasteiger partial charge is 0.269 e. The maximum Gasteiger partial charge on any atom is 0.269 e. The van der Waals surface area contributed by atoms with Gasteiger partial charge in [0.1, 0.15) is 0 Å². The van der Waals surface area contributed by atoms with Crippen LogP contribution in [0.3, 0.4) is 0 Å². The Morgan fingerprint density at radius 1 is 1.33 bits per heavy atom. The third-order valence-corrected chi connectivity index (χ3v) is 2.80. The number of amides is 1. The summed E-state index contributed by atoms with van der Waals surface area (Å²) in [6.07, 6.45) is -0.498. The van der Waals surface area contributed by atoms with Gasteiger partial charge in [-0.1, -0.05) is 0 Å². The van der Waals surface area contributed by atoms with Crippen molar-refractivity contribution in [2.75, 3.05) is 19.8 Å². The highest BCUT2D eigenvalue weighted by atomic mass is 16.7. The SMILES string of the molecule is CCOC(CNC(=O)c1ccc([N+](=O)[O-])cc1C)OCC. The Hall–Kier alpha value is -1.99. The van der Waals surface area contributed by atoms with Crippen molar-refractivity contribution < 1.29 is 19.2 Å². The van der Waals surface area contributed by atoms with Crippen LogP contribution in [0.5, 0.6) is 0 Å². The fourth-order valence-electron chi connectivity index (χ4n) is 1.83. The largest absolute Gasteiger partial charge is 0.351 e. The highest BCUT2D eigenvalue weighted by Crippen LogP contribution is 2.17. The van der Waals surface area contributed by atoms with Crippen molar-refractivity contribution in [3.05, 3.63) is 39.4 Å². The Kier molecular flexibility index (Phi) is 6.77. The van der Waals surface area contributed by atoms with Gasteiger partial charge in [0.05, 0.1) is 11.5 Å². The Bertz CT molecular complexity index is 498. The van der Waals surface area contributed by atoms with E-state index in [1.54, 1.807) is 6.92 Å².